The number of carbonyl (C=O) groups is 2. The number of nitrogens with one attached hydrogen (secondary N) is 2. The first-order valence-corrected chi connectivity index (χ1v) is 16.9. The lowest BCUT2D eigenvalue weighted by molar-refractivity contribution is 0.0191. The van der Waals surface area contributed by atoms with Crippen LogP contribution in [0, 0.1) is 19.8 Å². The number of sulfonamides is 1. The van der Waals surface area contributed by atoms with Crippen LogP contribution in [0.1, 0.15) is 76.4 Å². The van der Waals surface area contributed by atoms with Gasteiger partial charge in [-0.1, -0.05) is 38.1 Å². The van der Waals surface area contributed by atoms with Gasteiger partial charge in [-0.15, -0.1) is 0 Å². The van der Waals surface area contributed by atoms with Crippen LogP contribution < -0.4 is 14.8 Å². The average Bonchev–Trinajstić information content (AvgIpc) is 2.93. The molecular weight excluding hydrogens is 606 g/mol. The molecular formula is C34H45N5O6S. The molecule has 1 aliphatic rings. The van der Waals surface area contributed by atoms with E-state index < -0.39 is 39.2 Å². The molecule has 0 radical (unpaired) electrons. The summed E-state index contributed by atoms with van der Waals surface area (Å²) in [6.45, 7) is 17.1. The molecule has 1 aromatic heterocycles. The molecule has 0 saturated heterocycles. The molecule has 0 fully saturated rings. The molecule has 11 nitrogen and oxygen atoms in total. The van der Waals surface area contributed by atoms with E-state index in [2.05, 4.69) is 33.9 Å². The number of rotatable bonds is 6. The third-order valence-corrected chi connectivity index (χ3v) is 8.85. The zero-order chi connectivity index (χ0) is 34.0. The minimum atomic E-state index is -4.20. The molecule has 0 aliphatic carbocycles. The van der Waals surface area contributed by atoms with Gasteiger partial charge in [0.15, 0.2) is 0 Å². The van der Waals surface area contributed by atoms with Crippen LogP contribution in [-0.4, -0.2) is 65.6 Å². The Labute approximate surface area is 272 Å². The maximum Gasteiger partial charge on any atom is 0.407 e. The normalized spacial score (nSPS) is 16.8. The average molecular weight is 652 g/mol. The fourth-order valence-electron chi connectivity index (χ4n) is 5.60. The van der Waals surface area contributed by atoms with Gasteiger partial charge >= 0.3 is 6.09 Å². The van der Waals surface area contributed by atoms with Gasteiger partial charge in [0.2, 0.25) is 11.8 Å². The molecule has 2 aromatic carbocycles. The predicted molar refractivity (Wildman–Crippen MR) is 177 cm³/mol. The Balaban J connectivity index is 1.86. The minimum Gasteiger partial charge on any atom is -0.475 e. The molecule has 1 atom stereocenters. The number of anilines is 1. The van der Waals surface area contributed by atoms with E-state index >= 15 is 0 Å². The van der Waals surface area contributed by atoms with Gasteiger partial charge in [-0.25, -0.2) is 22.9 Å². The van der Waals surface area contributed by atoms with Gasteiger partial charge in [-0.05, 0) is 90.1 Å². The highest BCUT2D eigenvalue weighted by Gasteiger charge is 2.39. The summed E-state index contributed by atoms with van der Waals surface area (Å²) in [7, 11) is -4.20. The number of aryl methyl sites for hydroxylation is 2. The van der Waals surface area contributed by atoms with Crippen LogP contribution in [-0.2, 0) is 14.8 Å². The Morgan fingerprint density at radius 1 is 1.07 bits per heavy atom. The van der Waals surface area contributed by atoms with E-state index in [-0.39, 0.29) is 41.4 Å². The van der Waals surface area contributed by atoms with E-state index in [0.717, 1.165) is 16.7 Å². The Morgan fingerprint density at radius 2 is 1.72 bits per heavy atom. The number of carbonyl (C=O) groups excluding carboxylic acids is 2. The number of hydrogen-bond donors (Lipinski definition) is 2. The van der Waals surface area contributed by atoms with E-state index in [1.54, 1.807) is 37.8 Å². The minimum absolute atomic E-state index is 0.0505. The molecule has 0 spiro atoms. The van der Waals surface area contributed by atoms with Gasteiger partial charge < -0.3 is 19.7 Å². The largest absolute Gasteiger partial charge is 0.475 e. The van der Waals surface area contributed by atoms with Crippen molar-refractivity contribution in [3.8, 4) is 17.1 Å². The van der Waals surface area contributed by atoms with E-state index in [4.69, 9.17) is 9.47 Å². The van der Waals surface area contributed by atoms with E-state index in [0.29, 0.717) is 12.1 Å². The number of nitrogens with zero attached hydrogens (tertiary/aromatic N) is 3. The molecule has 1 aliphatic heterocycles. The number of aromatic nitrogens is 2. The Kier molecular flexibility index (Phi) is 10.0. The number of hydrogen-bond acceptors (Lipinski definition) is 8. The smallest absolute Gasteiger partial charge is 0.407 e. The second-order valence-corrected chi connectivity index (χ2v) is 15.4. The van der Waals surface area contributed by atoms with Crippen LogP contribution in [0.5, 0.6) is 5.88 Å². The van der Waals surface area contributed by atoms with Gasteiger partial charge in [0.1, 0.15) is 12.2 Å². The highest BCUT2D eigenvalue weighted by molar-refractivity contribution is 7.92. The van der Waals surface area contributed by atoms with Gasteiger partial charge in [0, 0.05) is 23.7 Å². The number of fused-ring (bicyclic) bond motifs is 4. The zero-order valence-electron chi connectivity index (χ0n) is 28.1. The lowest BCUT2D eigenvalue weighted by Gasteiger charge is -2.44. The van der Waals surface area contributed by atoms with Crippen molar-refractivity contribution in [2.45, 2.75) is 90.8 Å². The SMILES string of the molecule is Cc1cccc(C)c1-c1cc2nc(n1)NS(=O)(=O)c1cccc(c1)C(=O)N(C(C)(C)CNC(=O)OC(C)(C)C)[C@H](CC(C)C)CO2. The van der Waals surface area contributed by atoms with Crippen molar-refractivity contribution in [2.75, 3.05) is 17.9 Å². The van der Waals surface area contributed by atoms with Gasteiger partial charge in [0.25, 0.3) is 15.9 Å². The standard InChI is InChI=1S/C34H45N5O6S/c1-21(2)16-25-19-44-28-18-27(29-22(3)12-10-13-23(29)4)36-31(37-28)38-46(42,43)26-15-11-14-24(17-26)30(40)39(25)34(8,9)20-35-32(41)45-33(5,6)7/h10-15,17-18,21,25H,16,19-20H2,1-9H3,(H,35,41)(H,36,37,38)/t25-/m1/s1. The molecule has 46 heavy (non-hydrogen) atoms. The van der Waals surface area contributed by atoms with Crippen molar-refractivity contribution >= 4 is 28.0 Å². The molecule has 3 aromatic rings. The summed E-state index contributed by atoms with van der Waals surface area (Å²) in [6.07, 6.45) is -0.0539. The third kappa shape index (κ3) is 8.34. The predicted octanol–water partition coefficient (Wildman–Crippen LogP) is 6.11. The maximum atomic E-state index is 14.4. The lowest BCUT2D eigenvalue weighted by Crippen LogP contribution is -2.60. The van der Waals surface area contributed by atoms with Crippen molar-refractivity contribution in [1.82, 2.24) is 20.2 Å². The topological polar surface area (TPSA) is 140 Å². The monoisotopic (exact) mass is 651 g/mol. The fraction of sp³-hybridized carbons (Fsp3) is 0.471. The molecule has 4 rings (SSSR count). The van der Waals surface area contributed by atoms with Crippen molar-refractivity contribution in [3.63, 3.8) is 0 Å². The Morgan fingerprint density at radius 3 is 2.35 bits per heavy atom. The molecule has 2 amide bonds. The van der Waals surface area contributed by atoms with Crippen molar-refractivity contribution in [1.29, 1.82) is 0 Å². The molecule has 0 unspecified atom stereocenters. The van der Waals surface area contributed by atoms with E-state index in [1.165, 1.54) is 18.2 Å². The number of ether oxygens (including phenoxy) is 2. The van der Waals surface area contributed by atoms with Gasteiger partial charge in [-0.3, -0.25) is 4.79 Å². The summed E-state index contributed by atoms with van der Waals surface area (Å²) in [4.78, 5) is 37.6. The molecule has 2 N–H and O–H groups in total. The first-order chi connectivity index (χ1) is 21.4. The quantitative estimate of drug-likeness (QED) is 0.325. The van der Waals surface area contributed by atoms with Crippen LogP contribution >= 0.6 is 0 Å². The van der Waals surface area contributed by atoms with E-state index in [1.807, 2.05) is 45.9 Å². The molecule has 4 bridgehead atoms. The van der Waals surface area contributed by atoms with Crippen LogP contribution in [0.2, 0.25) is 0 Å². The first kappa shape index (κ1) is 34.7. The summed E-state index contributed by atoms with van der Waals surface area (Å²) >= 11 is 0. The van der Waals surface area contributed by atoms with Crippen LogP contribution in [0.15, 0.2) is 53.4 Å². The second kappa shape index (κ2) is 13.3. The summed E-state index contributed by atoms with van der Waals surface area (Å²) in [6, 6.07) is 12.9. The van der Waals surface area contributed by atoms with Crippen molar-refractivity contribution in [2.24, 2.45) is 5.92 Å². The highest BCUT2D eigenvalue weighted by Crippen LogP contribution is 2.31. The second-order valence-electron chi connectivity index (χ2n) is 13.8. The van der Waals surface area contributed by atoms with Crippen LogP contribution in [0.25, 0.3) is 11.3 Å². The van der Waals surface area contributed by atoms with Gasteiger partial charge in [0.05, 0.1) is 22.2 Å². The maximum absolute atomic E-state index is 14.4. The third-order valence-electron chi connectivity index (χ3n) is 7.52. The number of benzene rings is 2. The summed E-state index contributed by atoms with van der Waals surface area (Å²) in [5.74, 6) is -0.239. The number of amides is 2. The summed E-state index contributed by atoms with van der Waals surface area (Å²) in [5, 5.41) is 2.81. The molecule has 248 valence electrons. The number of alkyl carbamates (subject to hydrolysis) is 1. The fourth-order valence-corrected chi connectivity index (χ4v) is 6.59. The van der Waals surface area contributed by atoms with Crippen LogP contribution in [0.4, 0.5) is 10.7 Å². The molecule has 2 heterocycles. The summed E-state index contributed by atoms with van der Waals surface area (Å²) in [5.41, 5.74) is 1.77. The van der Waals surface area contributed by atoms with E-state index in [9.17, 15) is 18.0 Å². The molecule has 12 heteroatoms. The first-order valence-electron chi connectivity index (χ1n) is 15.4. The molecule has 0 saturated carbocycles. The van der Waals surface area contributed by atoms with Crippen molar-refractivity contribution < 1.29 is 27.5 Å². The van der Waals surface area contributed by atoms with Crippen LogP contribution in [0.3, 0.4) is 0 Å². The zero-order valence-corrected chi connectivity index (χ0v) is 28.9. The summed E-state index contributed by atoms with van der Waals surface area (Å²) < 4.78 is 41.5. The Bertz CT molecular complexity index is 1690. The lowest BCUT2D eigenvalue weighted by atomic mass is 9.94. The highest BCUT2D eigenvalue weighted by atomic mass is 32.2. The van der Waals surface area contributed by atoms with Crippen molar-refractivity contribution in [3.05, 3.63) is 65.2 Å². The van der Waals surface area contributed by atoms with Gasteiger partial charge in [-0.2, -0.15) is 4.98 Å². The Hall–Kier alpha value is -4.19.